The lowest BCUT2D eigenvalue weighted by Crippen LogP contribution is -1.94. The molecule has 0 spiro atoms. The quantitative estimate of drug-likeness (QED) is 0.259. The second-order valence-electron chi connectivity index (χ2n) is 6.93. The van der Waals surface area contributed by atoms with Gasteiger partial charge in [0.1, 0.15) is 23.0 Å². The summed E-state index contributed by atoms with van der Waals surface area (Å²) in [6.07, 6.45) is 0. The Labute approximate surface area is 196 Å². The van der Waals surface area contributed by atoms with Gasteiger partial charge in [-0.25, -0.2) is 0 Å². The van der Waals surface area contributed by atoms with Gasteiger partial charge in [0.2, 0.25) is 0 Å². The summed E-state index contributed by atoms with van der Waals surface area (Å²) < 4.78 is 12.4. The molecule has 5 heteroatoms. The van der Waals surface area contributed by atoms with E-state index in [0.29, 0.717) is 33.6 Å². The fourth-order valence-corrected chi connectivity index (χ4v) is 3.43. The number of hydrogen-bond acceptors (Lipinski definition) is 3. The van der Waals surface area contributed by atoms with Crippen molar-refractivity contribution in [3.05, 3.63) is 115 Å². The summed E-state index contributed by atoms with van der Waals surface area (Å²) in [5, 5.41) is -0.0421. The van der Waals surface area contributed by atoms with Crippen LogP contribution < -0.4 is 9.47 Å². The first-order chi connectivity index (χ1) is 15.5. The van der Waals surface area contributed by atoms with Crippen molar-refractivity contribution in [1.29, 1.82) is 0 Å². The molecule has 4 aromatic rings. The van der Waals surface area contributed by atoms with Gasteiger partial charge in [-0.05, 0) is 83.4 Å². The Morgan fingerprint density at radius 3 is 1.59 bits per heavy atom. The molecule has 158 valence electrons. The zero-order chi connectivity index (χ0) is 22.5. The van der Waals surface area contributed by atoms with Crippen LogP contribution in [0.5, 0.6) is 23.0 Å². The lowest BCUT2D eigenvalue weighted by atomic mass is 10.0. The molecule has 0 saturated carbocycles. The Hall–Kier alpha value is -3.53. The Bertz CT molecular complexity index is 1170. The van der Waals surface area contributed by atoms with Gasteiger partial charge in [-0.3, -0.25) is 4.79 Å². The van der Waals surface area contributed by atoms with Crippen molar-refractivity contribution >= 4 is 33.5 Å². The Balaban J connectivity index is 1.72. The lowest BCUT2D eigenvalue weighted by molar-refractivity contribution is 0.108. The van der Waals surface area contributed by atoms with Crippen molar-refractivity contribution in [1.82, 2.24) is 0 Å². The first-order valence-electron chi connectivity index (χ1n) is 9.80. The summed E-state index contributed by atoms with van der Waals surface area (Å²) in [6, 6.07) is 29.5. The molecule has 3 nitrogen and oxygen atoms in total. The summed E-state index contributed by atoms with van der Waals surface area (Å²) >= 11 is 11.5. The zero-order valence-corrected chi connectivity index (χ0v) is 18.4. The molecule has 4 aromatic carbocycles. The van der Waals surface area contributed by atoms with Crippen LogP contribution in [0.4, 0.5) is 0 Å². The number of rotatable bonds is 7. The van der Waals surface area contributed by atoms with Gasteiger partial charge in [0, 0.05) is 10.6 Å². The third kappa shape index (κ3) is 5.02. The van der Waals surface area contributed by atoms with E-state index in [-0.39, 0.29) is 0 Å². The third-order valence-electron chi connectivity index (χ3n) is 4.75. The first kappa shape index (κ1) is 21.7. The summed E-state index contributed by atoms with van der Waals surface area (Å²) in [5.74, 6) is 2.49. The van der Waals surface area contributed by atoms with E-state index in [1.54, 1.807) is 24.3 Å². The highest BCUT2D eigenvalue weighted by molar-refractivity contribution is 6.67. The minimum atomic E-state index is -0.513. The average Bonchev–Trinajstić information content (AvgIpc) is 2.80. The van der Waals surface area contributed by atoms with E-state index in [1.807, 2.05) is 72.8 Å². The van der Waals surface area contributed by atoms with Gasteiger partial charge < -0.3 is 9.47 Å². The Morgan fingerprint density at radius 2 is 1.12 bits per heavy atom. The minimum absolute atomic E-state index is 0.405. The molecule has 0 unspecified atom stereocenters. The number of ether oxygens (including phenoxy) is 2. The molecular weight excluding hydrogens is 443 g/mol. The van der Waals surface area contributed by atoms with Crippen molar-refractivity contribution in [2.24, 2.45) is 0 Å². The molecule has 0 aliphatic rings. The van der Waals surface area contributed by atoms with Gasteiger partial charge >= 0.3 is 0 Å². The van der Waals surface area contributed by atoms with Gasteiger partial charge in [-0.1, -0.05) is 54.6 Å². The molecule has 0 heterocycles. The van der Waals surface area contributed by atoms with Gasteiger partial charge in [-0.15, -0.1) is 0 Å². The molecule has 0 amide bonds. The molecule has 0 aliphatic carbocycles. The van der Waals surface area contributed by atoms with E-state index >= 15 is 0 Å². The predicted molar refractivity (Wildman–Crippen MR) is 130 cm³/mol. The molecule has 0 aliphatic heterocycles. The predicted octanol–water partition coefficient (Wildman–Crippen LogP) is 8.53. The van der Waals surface area contributed by atoms with Gasteiger partial charge in [0.15, 0.2) is 0 Å². The molecule has 0 saturated heterocycles. The third-order valence-corrected chi connectivity index (χ3v) is 5.19. The maximum atomic E-state index is 11.3. The van der Waals surface area contributed by atoms with Crippen molar-refractivity contribution in [3.63, 3.8) is 0 Å². The highest BCUT2D eigenvalue weighted by Gasteiger charge is 2.15. The van der Waals surface area contributed by atoms with Gasteiger partial charge in [0.05, 0.1) is 5.56 Å². The normalized spacial score (nSPS) is 10.4. The highest BCUT2D eigenvalue weighted by Crippen LogP contribution is 2.42. The standard InChI is InChI=1S/C27H18Cl2O3/c1-18(28)19-10-14-22(15-11-19)31-24-8-5-9-25(26(24)20-6-3-2-4-7-20)32-23-16-12-21(13-17-23)27(29)30/h2-17H,1H2. The van der Waals surface area contributed by atoms with Crippen LogP contribution in [-0.2, 0) is 0 Å². The van der Waals surface area contributed by atoms with Crippen molar-refractivity contribution < 1.29 is 14.3 Å². The average molecular weight is 461 g/mol. The van der Waals surface area contributed by atoms with Crippen LogP contribution >= 0.6 is 23.2 Å². The first-order valence-corrected chi connectivity index (χ1v) is 10.6. The van der Waals surface area contributed by atoms with E-state index in [9.17, 15) is 4.79 Å². The monoisotopic (exact) mass is 460 g/mol. The van der Waals surface area contributed by atoms with E-state index in [4.69, 9.17) is 32.7 Å². The highest BCUT2D eigenvalue weighted by atomic mass is 35.5. The molecule has 0 bridgehead atoms. The molecular formula is C27H18Cl2O3. The van der Waals surface area contributed by atoms with Crippen molar-refractivity contribution in [3.8, 4) is 34.1 Å². The van der Waals surface area contributed by atoms with Crippen molar-refractivity contribution in [2.45, 2.75) is 0 Å². The molecule has 32 heavy (non-hydrogen) atoms. The Kier molecular flexibility index (Phi) is 6.60. The van der Waals surface area contributed by atoms with Crippen LogP contribution in [0, 0.1) is 0 Å². The van der Waals surface area contributed by atoms with Gasteiger partial charge in [-0.2, -0.15) is 0 Å². The molecule has 0 N–H and O–H groups in total. The number of halogens is 2. The molecule has 0 fully saturated rings. The molecule has 4 rings (SSSR count). The molecule has 0 aromatic heterocycles. The van der Waals surface area contributed by atoms with Crippen LogP contribution in [0.3, 0.4) is 0 Å². The van der Waals surface area contributed by atoms with Crippen LogP contribution in [0.2, 0.25) is 0 Å². The second-order valence-corrected chi connectivity index (χ2v) is 7.73. The van der Waals surface area contributed by atoms with Crippen LogP contribution in [0.25, 0.3) is 16.2 Å². The van der Waals surface area contributed by atoms with E-state index in [1.165, 1.54) is 0 Å². The number of carbonyl (C=O) groups is 1. The summed E-state index contributed by atoms with van der Waals surface area (Å²) in [5.41, 5.74) is 2.98. The summed E-state index contributed by atoms with van der Waals surface area (Å²) in [7, 11) is 0. The van der Waals surface area contributed by atoms with E-state index in [2.05, 4.69) is 6.58 Å². The van der Waals surface area contributed by atoms with E-state index < -0.39 is 5.24 Å². The van der Waals surface area contributed by atoms with E-state index in [0.717, 1.165) is 16.7 Å². The molecule has 0 atom stereocenters. The lowest BCUT2D eigenvalue weighted by Gasteiger charge is -2.16. The fraction of sp³-hybridized carbons (Fsp3) is 0. The number of carbonyl (C=O) groups excluding carboxylic acids is 1. The number of hydrogen-bond donors (Lipinski definition) is 0. The number of benzene rings is 4. The maximum absolute atomic E-state index is 11.3. The summed E-state index contributed by atoms with van der Waals surface area (Å²) in [4.78, 5) is 11.3. The van der Waals surface area contributed by atoms with Crippen LogP contribution in [0.15, 0.2) is 104 Å². The summed E-state index contributed by atoms with van der Waals surface area (Å²) in [6.45, 7) is 3.74. The Morgan fingerprint density at radius 1 is 0.625 bits per heavy atom. The second kappa shape index (κ2) is 9.73. The van der Waals surface area contributed by atoms with Crippen LogP contribution in [-0.4, -0.2) is 5.24 Å². The molecule has 0 radical (unpaired) electrons. The topological polar surface area (TPSA) is 35.5 Å². The SMILES string of the molecule is C=C(Cl)c1ccc(Oc2cccc(Oc3ccc(C(=O)Cl)cc3)c2-c2ccccc2)cc1. The smallest absolute Gasteiger partial charge is 0.252 e. The largest absolute Gasteiger partial charge is 0.457 e. The van der Waals surface area contributed by atoms with Crippen molar-refractivity contribution in [2.75, 3.05) is 0 Å². The maximum Gasteiger partial charge on any atom is 0.252 e. The zero-order valence-electron chi connectivity index (χ0n) is 16.9. The minimum Gasteiger partial charge on any atom is -0.457 e. The fourth-order valence-electron chi connectivity index (χ4n) is 3.18. The van der Waals surface area contributed by atoms with Crippen LogP contribution in [0.1, 0.15) is 15.9 Å². The van der Waals surface area contributed by atoms with Gasteiger partial charge in [0.25, 0.3) is 5.24 Å².